The van der Waals surface area contributed by atoms with E-state index < -0.39 is 8.32 Å². The maximum Gasteiger partial charge on any atom is 0.356 e. The van der Waals surface area contributed by atoms with E-state index in [1.54, 1.807) is 17.5 Å². The van der Waals surface area contributed by atoms with Crippen LogP contribution in [0.5, 0.6) is 0 Å². The first-order chi connectivity index (χ1) is 12.2. The summed E-state index contributed by atoms with van der Waals surface area (Å²) < 4.78 is 13.6. The zero-order valence-corrected chi connectivity index (χ0v) is 18.1. The minimum atomic E-state index is -1.93. The third-order valence-corrected chi connectivity index (χ3v) is 11.3. The molecule has 0 aromatic carbocycles. The van der Waals surface area contributed by atoms with E-state index in [1.807, 2.05) is 18.3 Å². The van der Waals surface area contributed by atoms with Crippen molar-refractivity contribution in [3.05, 3.63) is 35.8 Å². The lowest BCUT2D eigenvalue weighted by Crippen LogP contribution is -2.47. The van der Waals surface area contributed by atoms with Crippen LogP contribution in [-0.2, 0) is 15.8 Å². The van der Waals surface area contributed by atoms with E-state index >= 15 is 0 Å². The van der Waals surface area contributed by atoms with E-state index in [1.165, 1.54) is 0 Å². The van der Waals surface area contributed by atoms with Crippen LogP contribution in [0.4, 0.5) is 0 Å². The molecule has 0 amide bonds. The van der Waals surface area contributed by atoms with Gasteiger partial charge < -0.3 is 9.16 Å². The molecule has 0 radical (unpaired) electrons. The minimum absolute atomic E-state index is 0.347. The van der Waals surface area contributed by atoms with Gasteiger partial charge in [0.05, 0.1) is 19.4 Å². The number of pyridine rings is 1. The summed E-state index contributed by atoms with van der Waals surface area (Å²) in [6.45, 7) is 16.4. The van der Waals surface area contributed by atoms with Crippen molar-refractivity contribution in [3.63, 3.8) is 0 Å². The van der Waals surface area contributed by atoms with E-state index in [4.69, 9.17) is 9.16 Å². The molecule has 0 saturated carbocycles. The van der Waals surface area contributed by atoms with Crippen LogP contribution >= 0.6 is 0 Å². The van der Waals surface area contributed by atoms with Crippen LogP contribution in [0.1, 0.15) is 64.5 Å². The fraction of sp³-hybridized carbons (Fsp3) is 0.600. The van der Waals surface area contributed by atoms with Crippen molar-refractivity contribution in [2.45, 2.75) is 71.7 Å². The Balaban J connectivity index is 2.30. The lowest BCUT2D eigenvalue weighted by Gasteiger charge is -2.42. The van der Waals surface area contributed by atoms with Crippen LogP contribution in [0.25, 0.3) is 5.65 Å². The van der Waals surface area contributed by atoms with Crippen LogP contribution in [-0.4, -0.2) is 30.3 Å². The highest BCUT2D eigenvalue weighted by Gasteiger charge is 2.44. The molecule has 0 aliphatic carbocycles. The van der Waals surface area contributed by atoms with Gasteiger partial charge in [-0.1, -0.05) is 47.6 Å². The molecule has 6 heteroatoms. The van der Waals surface area contributed by atoms with E-state index in [0.29, 0.717) is 35.5 Å². The summed E-state index contributed by atoms with van der Waals surface area (Å²) in [4.78, 5) is 16.4. The standard InChI is InChI=1S/C20H32N2O3Si/c1-8-24-20(23)18-11-21-19-10-9-17(12-22(18)19)13-25-26(14(2)3,15(4)5)16(6)7/h9-12,14-16H,8,13H2,1-7H3. The number of imidazole rings is 1. The molecule has 0 spiro atoms. The van der Waals surface area contributed by atoms with E-state index in [-0.39, 0.29) is 5.97 Å². The van der Waals surface area contributed by atoms with Gasteiger partial charge in [0.2, 0.25) is 8.32 Å². The quantitative estimate of drug-likeness (QED) is 0.469. The number of aromatic nitrogens is 2. The molecule has 2 aromatic rings. The van der Waals surface area contributed by atoms with Crippen molar-refractivity contribution in [3.8, 4) is 0 Å². The molecule has 2 heterocycles. The topological polar surface area (TPSA) is 52.8 Å². The number of nitrogens with zero attached hydrogens (tertiary/aromatic N) is 2. The number of ether oxygens (including phenoxy) is 1. The smallest absolute Gasteiger partial charge is 0.356 e. The van der Waals surface area contributed by atoms with Crippen molar-refractivity contribution in [1.29, 1.82) is 0 Å². The summed E-state index contributed by atoms with van der Waals surface area (Å²) in [6.07, 6.45) is 3.50. The second-order valence-corrected chi connectivity index (χ2v) is 13.2. The third-order valence-electron chi connectivity index (χ3n) is 5.25. The Morgan fingerprint density at radius 1 is 1.12 bits per heavy atom. The fourth-order valence-corrected chi connectivity index (χ4v) is 9.59. The number of rotatable bonds is 8. The van der Waals surface area contributed by atoms with Gasteiger partial charge in [0, 0.05) is 6.20 Å². The number of hydrogen-bond acceptors (Lipinski definition) is 4. The molecule has 144 valence electrons. The highest BCUT2D eigenvalue weighted by atomic mass is 28.4. The molecule has 0 aliphatic rings. The van der Waals surface area contributed by atoms with Crippen molar-refractivity contribution >= 4 is 19.9 Å². The van der Waals surface area contributed by atoms with Crippen LogP contribution in [0.3, 0.4) is 0 Å². The number of carbonyl (C=O) groups is 1. The second-order valence-electron chi connectivity index (χ2n) is 7.74. The van der Waals surface area contributed by atoms with Gasteiger partial charge in [0.15, 0.2) is 5.69 Å². The first kappa shape index (κ1) is 20.6. The van der Waals surface area contributed by atoms with E-state index in [9.17, 15) is 4.79 Å². The molecule has 0 bridgehead atoms. The Kier molecular flexibility index (Phi) is 6.63. The van der Waals surface area contributed by atoms with Crippen molar-refractivity contribution in [2.75, 3.05) is 6.61 Å². The molecule has 0 N–H and O–H groups in total. The van der Waals surface area contributed by atoms with Crippen LogP contribution in [0.2, 0.25) is 16.6 Å². The molecule has 0 atom stereocenters. The molecule has 0 saturated heterocycles. The highest BCUT2D eigenvalue weighted by Crippen LogP contribution is 2.42. The Morgan fingerprint density at radius 2 is 1.73 bits per heavy atom. The molecule has 5 nitrogen and oxygen atoms in total. The number of carbonyl (C=O) groups excluding carboxylic acids is 1. The Hall–Kier alpha value is -1.66. The molecule has 0 fully saturated rings. The van der Waals surface area contributed by atoms with Crippen molar-refractivity contribution in [1.82, 2.24) is 9.38 Å². The first-order valence-corrected chi connectivity index (χ1v) is 11.6. The largest absolute Gasteiger partial charge is 0.461 e. The first-order valence-electron chi connectivity index (χ1n) is 9.51. The number of fused-ring (bicyclic) bond motifs is 1. The number of hydrogen-bond donors (Lipinski definition) is 0. The Morgan fingerprint density at radius 3 is 2.27 bits per heavy atom. The van der Waals surface area contributed by atoms with Crippen molar-refractivity contribution in [2.24, 2.45) is 0 Å². The molecule has 2 aromatic heterocycles. The lowest BCUT2D eigenvalue weighted by atomic mass is 10.3. The molecule has 2 rings (SSSR count). The summed E-state index contributed by atoms with van der Waals surface area (Å²) in [6, 6.07) is 3.95. The molecule has 26 heavy (non-hydrogen) atoms. The molecular weight excluding hydrogens is 344 g/mol. The summed E-state index contributed by atoms with van der Waals surface area (Å²) in [5.41, 5.74) is 3.83. The normalized spacial score (nSPS) is 12.5. The Labute approximate surface area is 157 Å². The summed E-state index contributed by atoms with van der Waals surface area (Å²) in [5, 5.41) is 0. The molecule has 0 aliphatic heterocycles. The minimum Gasteiger partial charge on any atom is -0.461 e. The van der Waals surface area contributed by atoms with Gasteiger partial charge in [0.1, 0.15) is 5.65 Å². The molecular formula is C20H32N2O3Si. The van der Waals surface area contributed by atoms with Gasteiger partial charge >= 0.3 is 5.97 Å². The van der Waals surface area contributed by atoms with Gasteiger partial charge in [-0.2, -0.15) is 0 Å². The average Bonchev–Trinajstić information content (AvgIpc) is 2.97. The second kappa shape index (κ2) is 8.35. The predicted octanol–water partition coefficient (Wildman–Crippen LogP) is 5.20. The van der Waals surface area contributed by atoms with Crippen LogP contribution in [0, 0.1) is 0 Å². The maximum atomic E-state index is 12.1. The fourth-order valence-electron chi connectivity index (χ4n) is 4.17. The zero-order valence-electron chi connectivity index (χ0n) is 17.1. The predicted molar refractivity (Wildman–Crippen MR) is 107 cm³/mol. The monoisotopic (exact) mass is 376 g/mol. The van der Waals surface area contributed by atoms with Crippen LogP contribution in [0.15, 0.2) is 24.5 Å². The Bertz CT molecular complexity index is 731. The average molecular weight is 377 g/mol. The number of esters is 1. The third kappa shape index (κ3) is 3.86. The van der Waals surface area contributed by atoms with Gasteiger partial charge in [-0.25, -0.2) is 9.78 Å². The van der Waals surface area contributed by atoms with Crippen LogP contribution < -0.4 is 0 Å². The van der Waals surface area contributed by atoms with Gasteiger partial charge in [-0.05, 0) is 35.2 Å². The molecule has 0 unspecified atom stereocenters. The maximum absolute atomic E-state index is 12.1. The SMILES string of the molecule is CCOC(=O)c1cnc2ccc(CO[Si](C(C)C)(C(C)C)C(C)C)cn12. The summed E-state index contributed by atoms with van der Waals surface area (Å²) >= 11 is 0. The zero-order chi connectivity index (χ0) is 19.5. The van der Waals surface area contributed by atoms with Gasteiger partial charge in [0.25, 0.3) is 0 Å². The van der Waals surface area contributed by atoms with Gasteiger partial charge in [-0.3, -0.25) is 4.40 Å². The van der Waals surface area contributed by atoms with E-state index in [2.05, 4.69) is 46.5 Å². The summed E-state index contributed by atoms with van der Waals surface area (Å²) in [5.74, 6) is -0.353. The van der Waals surface area contributed by atoms with E-state index in [0.717, 1.165) is 11.2 Å². The highest BCUT2D eigenvalue weighted by molar-refractivity contribution is 6.77. The van der Waals surface area contributed by atoms with Gasteiger partial charge in [-0.15, -0.1) is 0 Å². The van der Waals surface area contributed by atoms with Crippen molar-refractivity contribution < 1.29 is 14.0 Å². The lowest BCUT2D eigenvalue weighted by molar-refractivity contribution is 0.0518. The summed E-state index contributed by atoms with van der Waals surface area (Å²) in [7, 11) is -1.93.